The lowest BCUT2D eigenvalue weighted by Gasteiger charge is -2.18. The molecule has 0 bridgehead atoms. The summed E-state index contributed by atoms with van der Waals surface area (Å²) in [6.07, 6.45) is -4.66. The van der Waals surface area contributed by atoms with E-state index in [9.17, 15) is 27.6 Å². The van der Waals surface area contributed by atoms with Crippen LogP contribution < -0.4 is 10.6 Å². The van der Waals surface area contributed by atoms with Gasteiger partial charge < -0.3 is 15.5 Å². The molecule has 10 heteroatoms. The van der Waals surface area contributed by atoms with Crippen molar-refractivity contribution in [3.63, 3.8) is 0 Å². The van der Waals surface area contributed by atoms with Crippen LogP contribution in [0.2, 0.25) is 5.02 Å². The number of amides is 3. The Balaban J connectivity index is 1.98. The first-order valence-electron chi connectivity index (χ1n) is 8.73. The molecule has 3 amide bonds. The predicted octanol–water partition coefficient (Wildman–Crippen LogP) is 3.71. The molecule has 0 saturated carbocycles. The fourth-order valence-electron chi connectivity index (χ4n) is 2.52. The second-order valence-corrected chi connectivity index (χ2v) is 6.92. The number of alkyl halides is 3. The van der Waals surface area contributed by atoms with Crippen molar-refractivity contribution in [2.45, 2.75) is 19.6 Å². The Morgan fingerprint density at radius 1 is 1.07 bits per heavy atom. The van der Waals surface area contributed by atoms with E-state index in [1.807, 2.05) is 0 Å². The first-order valence-corrected chi connectivity index (χ1v) is 9.10. The summed E-state index contributed by atoms with van der Waals surface area (Å²) in [4.78, 5) is 36.7. The number of carbonyl (C=O) groups is 3. The molecule has 2 N–H and O–H groups in total. The molecule has 30 heavy (non-hydrogen) atoms. The highest BCUT2D eigenvalue weighted by Crippen LogP contribution is 2.36. The van der Waals surface area contributed by atoms with Crippen molar-refractivity contribution in [1.82, 2.24) is 10.2 Å². The van der Waals surface area contributed by atoms with Crippen LogP contribution in [0.5, 0.6) is 0 Å². The average Bonchev–Trinajstić information content (AvgIpc) is 2.66. The van der Waals surface area contributed by atoms with E-state index in [-0.39, 0.29) is 18.1 Å². The molecule has 2 aromatic rings. The number of nitrogens with one attached hydrogen (secondary N) is 2. The fraction of sp³-hybridized carbons (Fsp3) is 0.250. The number of likely N-dealkylation sites (N-methyl/N-ethyl adjacent to an activating group) is 1. The van der Waals surface area contributed by atoms with E-state index < -0.39 is 28.6 Å². The number of rotatable bonds is 6. The van der Waals surface area contributed by atoms with Crippen LogP contribution in [0.4, 0.5) is 18.9 Å². The van der Waals surface area contributed by atoms with Crippen LogP contribution >= 0.6 is 11.6 Å². The van der Waals surface area contributed by atoms with Crippen molar-refractivity contribution in [2.24, 2.45) is 0 Å². The van der Waals surface area contributed by atoms with Gasteiger partial charge in [0.2, 0.25) is 11.8 Å². The minimum atomic E-state index is -4.66. The summed E-state index contributed by atoms with van der Waals surface area (Å²) in [5.41, 5.74) is -0.0290. The number of hydrogen-bond donors (Lipinski definition) is 2. The molecule has 2 aromatic carbocycles. The number of nitrogens with zero attached hydrogens (tertiary/aromatic N) is 1. The van der Waals surface area contributed by atoms with E-state index in [1.54, 1.807) is 24.3 Å². The van der Waals surface area contributed by atoms with Gasteiger partial charge in [0.25, 0.3) is 5.91 Å². The number of hydrogen-bond acceptors (Lipinski definition) is 3. The topological polar surface area (TPSA) is 78.5 Å². The van der Waals surface area contributed by atoms with E-state index in [2.05, 4.69) is 10.6 Å². The highest BCUT2D eigenvalue weighted by atomic mass is 35.5. The fourth-order valence-corrected chi connectivity index (χ4v) is 2.74. The normalized spacial score (nSPS) is 11.0. The Hall–Kier alpha value is -3.07. The first kappa shape index (κ1) is 23.2. The third kappa shape index (κ3) is 6.48. The Bertz CT molecular complexity index is 947. The molecule has 160 valence electrons. The summed E-state index contributed by atoms with van der Waals surface area (Å²) in [6, 6.07) is 9.47. The van der Waals surface area contributed by atoms with E-state index in [0.29, 0.717) is 12.1 Å². The minimum absolute atomic E-state index is 0.0834. The van der Waals surface area contributed by atoms with Crippen LogP contribution in [0.1, 0.15) is 28.4 Å². The summed E-state index contributed by atoms with van der Waals surface area (Å²) in [7, 11) is 1.40. The standard InChI is InChI=1S/C20H19ClF3N3O3/c1-12(28)25-10-13-3-5-14(6-4-13)19(30)27(2)11-18(29)26-15-7-8-17(21)16(9-15)20(22,23)24/h3-9H,10-11H2,1-2H3,(H,25,28)(H,26,29). The highest BCUT2D eigenvalue weighted by molar-refractivity contribution is 6.31. The molecule has 0 heterocycles. The molecule has 0 aromatic heterocycles. The van der Waals surface area contributed by atoms with Crippen molar-refractivity contribution in [3.05, 3.63) is 64.2 Å². The van der Waals surface area contributed by atoms with Crippen molar-refractivity contribution in [2.75, 3.05) is 18.9 Å². The summed E-state index contributed by atoms with van der Waals surface area (Å²) in [5.74, 6) is -1.28. The van der Waals surface area contributed by atoms with Gasteiger partial charge in [-0.25, -0.2) is 0 Å². The van der Waals surface area contributed by atoms with Crippen LogP contribution in [0.25, 0.3) is 0 Å². The second-order valence-electron chi connectivity index (χ2n) is 6.51. The Labute approximate surface area is 176 Å². The van der Waals surface area contributed by atoms with Gasteiger partial charge in [-0.2, -0.15) is 13.2 Å². The zero-order valence-corrected chi connectivity index (χ0v) is 16.9. The second kappa shape index (κ2) is 9.62. The van der Waals surface area contributed by atoms with Crippen LogP contribution in [0.15, 0.2) is 42.5 Å². The zero-order chi connectivity index (χ0) is 22.5. The van der Waals surface area contributed by atoms with Gasteiger partial charge in [0.15, 0.2) is 0 Å². The van der Waals surface area contributed by atoms with Gasteiger partial charge in [-0.1, -0.05) is 23.7 Å². The monoisotopic (exact) mass is 441 g/mol. The summed E-state index contributed by atoms with van der Waals surface area (Å²) < 4.78 is 38.7. The molecule has 0 spiro atoms. The van der Waals surface area contributed by atoms with Crippen molar-refractivity contribution >= 4 is 35.0 Å². The zero-order valence-electron chi connectivity index (χ0n) is 16.1. The van der Waals surface area contributed by atoms with Crippen molar-refractivity contribution in [3.8, 4) is 0 Å². The SMILES string of the molecule is CC(=O)NCc1ccc(C(=O)N(C)CC(=O)Nc2ccc(Cl)c(C(F)(F)F)c2)cc1. The molecule has 0 radical (unpaired) electrons. The summed E-state index contributed by atoms with van der Waals surface area (Å²) in [6.45, 7) is 1.35. The van der Waals surface area contributed by atoms with Crippen molar-refractivity contribution < 1.29 is 27.6 Å². The smallest absolute Gasteiger partial charge is 0.352 e. The van der Waals surface area contributed by atoms with Gasteiger partial charge in [-0.3, -0.25) is 14.4 Å². The van der Waals surface area contributed by atoms with Gasteiger partial charge in [-0.15, -0.1) is 0 Å². The maximum Gasteiger partial charge on any atom is 0.417 e. The van der Waals surface area contributed by atoms with E-state index in [0.717, 1.165) is 22.6 Å². The molecule has 0 fully saturated rings. The average molecular weight is 442 g/mol. The molecular formula is C20H19ClF3N3O3. The Kier molecular flexibility index (Phi) is 7.44. The molecular weight excluding hydrogens is 423 g/mol. The van der Waals surface area contributed by atoms with E-state index in [1.165, 1.54) is 20.0 Å². The van der Waals surface area contributed by atoms with Crippen LogP contribution in [-0.2, 0) is 22.3 Å². The van der Waals surface area contributed by atoms with Gasteiger partial charge in [0.05, 0.1) is 17.1 Å². The van der Waals surface area contributed by atoms with Crippen LogP contribution in [0, 0.1) is 0 Å². The Morgan fingerprint density at radius 2 is 1.70 bits per heavy atom. The third-order valence-corrected chi connectivity index (χ3v) is 4.35. The lowest BCUT2D eigenvalue weighted by molar-refractivity contribution is -0.137. The maximum absolute atomic E-state index is 12.9. The van der Waals surface area contributed by atoms with E-state index in [4.69, 9.17) is 11.6 Å². The highest BCUT2D eigenvalue weighted by Gasteiger charge is 2.33. The summed E-state index contributed by atoms with van der Waals surface area (Å²) in [5, 5.41) is 4.48. The van der Waals surface area contributed by atoms with Gasteiger partial charge in [0.1, 0.15) is 0 Å². The molecule has 0 saturated heterocycles. The lowest BCUT2D eigenvalue weighted by atomic mass is 10.1. The molecule has 0 aliphatic carbocycles. The number of anilines is 1. The molecule has 0 aliphatic heterocycles. The van der Waals surface area contributed by atoms with Crippen molar-refractivity contribution in [1.29, 1.82) is 0 Å². The molecule has 0 atom stereocenters. The third-order valence-electron chi connectivity index (χ3n) is 4.03. The van der Waals surface area contributed by atoms with Gasteiger partial charge in [-0.05, 0) is 35.9 Å². The van der Waals surface area contributed by atoms with E-state index >= 15 is 0 Å². The quantitative estimate of drug-likeness (QED) is 0.717. The van der Waals surface area contributed by atoms with Crippen LogP contribution in [-0.4, -0.2) is 36.2 Å². The molecule has 2 rings (SSSR count). The van der Waals surface area contributed by atoms with Gasteiger partial charge in [0, 0.05) is 31.8 Å². The van der Waals surface area contributed by atoms with Gasteiger partial charge >= 0.3 is 6.18 Å². The number of halogens is 4. The number of carbonyl (C=O) groups excluding carboxylic acids is 3. The minimum Gasteiger partial charge on any atom is -0.352 e. The molecule has 0 unspecified atom stereocenters. The van der Waals surface area contributed by atoms with Crippen LogP contribution in [0.3, 0.4) is 0 Å². The maximum atomic E-state index is 12.9. The predicted molar refractivity (Wildman–Crippen MR) is 106 cm³/mol. The molecule has 0 aliphatic rings. The Morgan fingerprint density at radius 3 is 2.27 bits per heavy atom. The summed E-state index contributed by atoms with van der Waals surface area (Å²) >= 11 is 5.55. The number of benzene rings is 2. The lowest BCUT2D eigenvalue weighted by Crippen LogP contribution is -2.35. The molecule has 6 nitrogen and oxygen atoms in total. The first-order chi connectivity index (χ1) is 14.0. The largest absolute Gasteiger partial charge is 0.417 e.